The van der Waals surface area contributed by atoms with Crippen LogP contribution in [-0.2, 0) is 16.1 Å². The van der Waals surface area contributed by atoms with Crippen molar-refractivity contribution in [3.63, 3.8) is 0 Å². The Morgan fingerprint density at radius 3 is 2.55 bits per heavy atom. The van der Waals surface area contributed by atoms with E-state index in [1.807, 2.05) is 55.5 Å². The highest BCUT2D eigenvalue weighted by Gasteiger charge is 2.25. The zero-order valence-corrected chi connectivity index (χ0v) is 23.6. The van der Waals surface area contributed by atoms with E-state index in [0.717, 1.165) is 25.8 Å². The van der Waals surface area contributed by atoms with Gasteiger partial charge in [-0.05, 0) is 133 Å². The number of carbonyl (C=O) groups is 1. The molecule has 0 aliphatic carbocycles. The normalized spacial score (nSPS) is 14.3. The molecule has 0 spiro atoms. The first-order valence-electron chi connectivity index (χ1n) is 9.88. The number of nitrogens with zero attached hydrogens (tertiary/aromatic N) is 1. The number of hydrogen-bond donors (Lipinski definition) is 0. The SMILES string of the molecule is COc1cc(/C=C2\N=C(c3ccc(I)c(C)c3)OC2=O)cc(Br)c1OCc1ccc(I)cc1. The maximum absolute atomic E-state index is 12.4. The van der Waals surface area contributed by atoms with Crippen molar-refractivity contribution in [3.05, 3.63) is 94.2 Å². The van der Waals surface area contributed by atoms with E-state index in [-0.39, 0.29) is 5.70 Å². The number of rotatable bonds is 6. The predicted octanol–water partition coefficient (Wildman–Crippen LogP) is 6.90. The Morgan fingerprint density at radius 1 is 1.09 bits per heavy atom. The number of carbonyl (C=O) groups excluding carboxylic acids is 1. The third-order valence-electron chi connectivity index (χ3n) is 4.88. The van der Waals surface area contributed by atoms with Gasteiger partial charge >= 0.3 is 5.97 Å². The molecule has 1 aliphatic heterocycles. The van der Waals surface area contributed by atoms with Gasteiger partial charge in [-0.1, -0.05) is 12.1 Å². The van der Waals surface area contributed by atoms with Crippen LogP contribution in [0.4, 0.5) is 0 Å². The lowest BCUT2D eigenvalue weighted by atomic mass is 10.1. The van der Waals surface area contributed by atoms with Crippen molar-refractivity contribution in [2.45, 2.75) is 13.5 Å². The van der Waals surface area contributed by atoms with Crippen LogP contribution in [-0.4, -0.2) is 19.0 Å². The van der Waals surface area contributed by atoms with Crippen molar-refractivity contribution in [2.24, 2.45) is 4.99 Å². The molecule has 1 aliphatic rings. The summed E-state index contributed by atoms with van der Waals surface area (Å²) >= 11 is 8.10. The second kappa shape index (κ2) is 10.6. The van der Waals surface area contributed by atoms with E-state index in [9.17, 15) is 4.79 Å². The first-order valence-corrected chi connectivity index (χ1v) is 12.8. The summed E-state index contributed by atoms with van der Waals surface area (Å²) < 4.78 is 20.0. The van der Waals surface area contributed by atoms with E-state index >= 15 is 0 Å². The van der Waals surface area contributed by atoms with Gasteiger partial charge in [0.05, 0.1) is 11.6 Å². The number of cyclic esters (lactones) is 1. The maximum atomic E-state index is 12.4. The number of aryl methyl sites for hydroxylation is 1. The number of esters is 1. The molecule has 0 unspecified atom stereocenters. The van der Waals surface area contributed by atoms with Crippen LogP contribution in [0, 0.1) is 14.1 Å². The first kappa shape index (κ1) is 24.2. The molecule has 0 fully saturated rings. The third-order valence-corrected chi connectivity index (χ3v) is 7.40. The fourth-order valence-electron chi connectivity index (χ4n) is 3.17. The van der Waals surface area contributed by atoms with Crippen molar-refractivity contribution in [1.29, 1.82) is 0 Å². The summed E-state index contributed by atoms with van der Waals surface area (Å²) in [5.74, 6) is 0.945. The monoisotopic (exact) mass is 729 g/mol. The average Bonchev–Trinajstić information content (AvgIpc) is 3.15. The lowest BCUT2D eigenvalue weighted by Crippen LogP contribution is -2.05. The molecule has 0 N–H and O–H groups in total. The van der Waals surface area contributed by atoms with Crippen LogP contribution in [0.5, 0.6) is 11.5 Å². The molecular formula is C25H18BrI2NO4. The molecule has 0 bridgehead atoms. The molecule has 0 amide bonds. The summed E-state index contributed by atoms with van der Waals surface area (Å²) in [4.78, 5) is 16.8. The highest BCUT2D eigenvalue weighted by atomic mass is 127. The van der Waals surface area contributed by atoms with Crippen LogP contribution in [0.3, 0.4) is 0 Å². The largest absolute Gasteiger partial charge is 0.493 e. The minimum absolute atomic E-state index is 0.225. The summed E-state index contributed by atoms with van der Waals surface area (Å²) in [5.41, 5.74) is 3.87. The molecule has 1 heterocycles. The van der Waals surface area contributed by atoms with Crippen molar-refractivity contribution in [1.82, 2.24) is 0 Å². The average molecular weight is 730 g/mol. The molecular weight excluding hydrogens is 712 g/mol. The molecule has 0 aromatic heterocycles. The summed E-state index contributed by atoms with van der Waals surface area (Å²) in [6.45, 7) is 2.41. The Bertz CT molecular complexity index is 1290. The predicted molar refractivity (Wildman–Crippen MR) is 149 cm³/mol. The fraction of sp³-hybridized carbons (Fsp3) is 0.120. The van der Waals surface area contributed by atoms with Crippen LogP contribution in [0.2, 0.25) is 0 Å². The Kier molecular flexibility index (Phi) is 7.75. The van der Waals surface area contributed by atoms with Gasteiger partial charge in [0, 0.05) is 12.7 Å². The second-order valence-electron chi connectivity index (χ2n) is 7.25. The van der Waals surface area contributed by atoms with Gasteiger partial charge in [-0.2, -0.15) is 0 Å². The van der Waals surface area contributed by atoms with Crippen molar-refractivity contribution in [3.8, 4) is 11.5 Å². The van der Waals surface area contributed by atoms with Crippen LogP contribution < -0.4 is 9.47 Å². The molecule has 4 rings (SSSR count). The maximum Gasteiger partial charge on any atom is 0.363 e. The summed E-state index contributed by atoms with van der Waals surface area (Å²) in [6.07, 6.45) is 1.67. The molecule has 0 atom stereocenters. The Labute approximate surface area is 227 Å². The number of hydrogen-bond acceptors (Lipinski definition) is 5. The van der Waals surface area contributed by atoms with Gasteiger partial charge in [-0.25, -0.2) is 9.79 Å². The van der Waals surface area contributed by atoms with E-state index in [2.05, 4.69) is 66.1 Å². The highest BCUT2D eigenvalue weighted by molar-refractivity contribution is 14.1. The molecule has 3 aromatic rings. The minimum Gasteiger partial charge on any atom is -0.493 e. The Balaban J connectivity index is 1.59. The topological polar surface area (TPSA) is 57.1 Å². The minimum atomic E-state index is -0.490. The van der Waals surface area contributed by atoms with E-state index in [0.29, 0.717) is 28.5 Å². The van der Waals surface area contributed by atoms with Crippen molar-refractivity contribution in [2.75, 3.05) is 7.11 Å². The van der Waals surface area contributed by atoms with Crippen LogP contribution in [0.15, 0.2) is 69.8 Å². The molecule has 0 saturated heterocycles. The quantitative estimate of drug-likeness (QED) is 0.158. The van der Waals surface area contributed by atoms with E-state index in [4.69, 9.17) is 14.2 Å². The Hall–Kier alpha value is -1.92. The number of aliphatic imine (C=N–C) groups is 1. The van der Waals surface area contributed by atoms with Crippen LogP contribution in [0.25, 0.3) is 6.08 Å². The summed E-state index contributed by atoms with van der Waals surface area (Å²) in [7, 11) is 1.58. The second-order valence-corrected chi connectivity index (χ2v) is 10.5. The zero-order chi connectivity index (χ0) is 23.5. The fourth-order valence-corrected chi connectivity index (χ4v) is 4.44. The van der Waals surface area contributed by atoms with Gasteiger partial charge in [0.15, 0.2) is 17.2 Å². The smallest absolute Gasteiger partial charge is 0.363 e. The molecule has 0 saturated carbocycles. The molecule has 8 heteroatoms. The summed E-state index contributed by atoms with van der Waals surface area (Å²) in [5, 5.41) is 0. The molecule has 5 nitrogen and oxygen atoms in total. The number of benzene rings is 3. The summed E-state index contributed by atoms with van der Waals surface area (Å²) in [6, 6.07) is 17.6. The number of halogens is 3. The molecule has 33 heavy (non-hydrogen) atoms. The molecule has 0 radical (unpaired) electrons. The van der Waals surface area contributed by atoms with Gasteiger partial charge in [0.25, 0.3) is 0 Å². The van der Waals surface area contributed by atoms with Gasteiger partial charge in [-0.15, -0.1) is 0 Å². The highest BCUT2D eigenvalue weighted by Crippen LogP contribution is 2.38. The Morgan fingerprint density at radius 2 is 1.85 bits per heavy atom. The van der Waals surface area contributed by atoms with E-state index in [1.54, 1.807) is 19.3 Å². The molecule has 3 aromatic carbocycles. The standard InChI is InChI=1S/C25H18BrI2NO4/c1-14-9-17(5-8-20(14)28)24-29-21(25(30)33-24)11-16-10-19(26)23(22(12-16)31-2)32-13-15-3-6-18(27)7-4-15/h3-12H,13H2,1-2H3/b21-11-. The van der Waals surface area contributed by atoms with Gasteiger partial charge in [0.1, 0.15) is 6.61 Å². The van der Waals surface area contributed by atoms with E-state index < -0.39 is 5.97 Å². The zero-order valence-electron chi connectivity index (χ0n) is 17.7. The van der Waals surface area contributed by atoms with E-state index in [1.165, 1.54) is 3.57 Å². The third kappa shape index (κ3) is 5.78. The van der Waals surface area contributed by atoms with Gasteiger partial charge in [-0.3, -0.25) is 0 Å². The lowest BCUT2D eigenvalue weighted by Gasteiger charge is -2.14. The molecule has 168 valence electrons. The van der Waals surface area contributed by atoms with Gasteiger partial charge in [0.2, 0.25) is 5.90 Å². The van der Waals surface area contributed by atoms with Crippen molar-refractivity contribution < 1.29 is 19.0 Å². The van der Waals surface area contributed by atoms with Crippen LogP contribution >= 0.6 is 61.1 Å². The number of methoxy groups -OCH3 is 1. The van der Waals surface area contributed by atoms with Gasteiger partial charge < -0.3 is 14.2 Å². The van der Waals surface area contributed by atoms with Crippen LogP contribution in [0.1, 0.15) is 22.3 Å². The lowest BCUT2D eigenvalue weighted by molar-refractivity contribution is -0.129. The van der Waals surface area contributed by atoms with Crippen molar-refractivity contribution >= 4 is 79.1 Å². The number of ether oxygens (including phenoxy) is 3. The first-order chi connectivity index (χ1) is 15.8.